The molecular formula is C12H11F2N3. The smallest absolute Gasteiger partial charge is 0.130 e. The summed E-state index contributed by atoms with van der Waals surface area (Å²) in [6.07, 6.45) is 2.94. The van der Waals surface area contributed by atoms with Crippen LogP contribution in [0.1, 0.15) is 17.2 Å². The van der Waals surface area contributed by atoms with Crippen LogP contribution in [-0.4, -0.2) is 16.5 Å². The quantitative estimate of drug-likeness (QED) is 0.883. The van der Waals surface area contributed by atoms with E-state index in [1.54, 1.807) is 12.3 Å². The van der Waals surface area contributed by atoms with E-state index in [0.29, 0.717) is 11.3 Å². The van der Waals surface area contributed by atoms with Gasteiger partial charge in [-0.3, -0.25) is 0 Å². The van der Waals surface area contributed by atoms with Crippen molar-refractivity contribution >= 4 is 0 Å². The Labute approximate surface area is 97.3 Å². The lowest BCUT2D eigenvalue weighted by atomic mass is 9.95. The van der Waals surface area contributed by atoms with E-state index in [9.17, 15) is 8.78 Å². The maximum absolute atomic E-state index is 13.6. The summed E-state index contributed by atoms with van der Waals surface area (Å²) >= 11 is 0. The Kier molecular flexibility index (Phi) is 3.39. The number of nitrogens with zero attached hydrogens (tertiary/aromatic N) is 2. The van der Waals surface area contributed by atoms with Crippen LogP contribution in [0.25, 0.3) is 0 Å². The highest BCUT2D eigenvalue weighted by molar-refractivity contribution is 5.30. The number of rotatable bonds is 3. The van der Waals surface area contributed by atoms with E-state index in [-0.39, 0.29) is 6.54 Å². The minimum Gasteiger partial charge on any atom is -0.329 e. The maximum Gasteiger partial charge on any atom is 0.130 e. The topological polar surface area (TPSA) is 51.8 Å². The summed E-state index contributed by atoms with van der Waals surface area (Å²) in [5.74, 6) is -1.61. The fourth-order valence-electron chi connectivity index (χ4n) is 1.70. The van der Waals surface area contributed by atoms with Gasteiger partial charge in [-0.1, -0.05) is 6.07 Å². The van der Waals surface area contributed by atoms with Gasteiger partial charge in [-0.2, -0.15) is 0 Å². The third-order valence-electron chi connectivity index (χ3n) is 2.54. The van der Waals surface area contributed by atoms with Crippen molar-refractivity contribution in [2.75, 3.05) is 6.54 Å². The van der Waals surface area contributed by atoms with Crippen LogP contribution in [0.2, 0.25) is 0 Å². The minimum atomic E-state index is -0.612. The van der Waals surface area contributed by atoms with Crippen LogP contribution in [0, 0.1) is 11.6 Å². The van der Waals surface area contributed by atoms with Crippen LogP contribution < -0.4 is 5.73 Å². The Morgan fingerprint density at radius 1 is 1.24 bits per heavy atom. The predicted octanol–water partition coefficient (Wildman–Crippen LogP) is 1.85. The Morgan fingerprint density at radius 2 is 2.06 bits per heavy atom. The van der Waals surface area contributed by atoms with Gasteiger partial charge in [-0.25, -0.2) is 18.7 Å². The molecule has 1 aromatic heterocycles. The molecule has 3 nitrogen and oxygen atoms in total. The first-order valence-electron chi connectivity index (χ1n) is 5.13. The monoisotopic (exact) mass is 235 g/mol. The summed E-state index contributed by atoms with van der Waals surface area (Å²) < 4.78 is 26.5. The second-order valence-electron chi connectivity index (χ2n) is 3.59. The minimum absolute atomic E-state index is 0.194. The fourth-order valence-corrected chi connectivity index (χ4v) is 1.70. The third kappa shape index (κ3) is 2.45. The fraction of sp³-hybridized carbons (Fsp3) is 0.167. The zero-order chi connectivity index (χ0) is 12.3. The zero-order valence-corrected chi connectivity index (χ0v) is 8.98. The Balaban J connectivity index is 2.42. The highest BCUT2D eigenvalue weighted by Gasteiger charge is 2.17. The van der Waals surface area contributed by atoms with Gasteiger partial charge in [0, 0.05) is 24.7 Å². The second-order valence-corrected chi connectivity index (χ2v) is 3.59. The number of hydrogen-bond donors (Lipinski definition) is 1. The Morgan fingerprint density at radius 3 is 2.65 bits per heavy atom. The molecule has 1 heterocycles. The van der Waals surface area contributed by atoms with E-state index in [2.05, 4.69) is 9.97 Å². The van der Waals surface area contributed by atoms with Gasteiger partial charge >= 0.3 is 0 Å². The molecule has 1 aromatic carbocycles. The number of halogens is 2. The first-order chi connectivity index (χ1) is 8.22. The lowest BCUT2D eigenvalue weighted by Crippen LogP contribution is -2.16. The van der Waals surface area contributed by atoms with E-state index in [1.165, 1.54) is 18.5 Å². The van der Waals surface area contributed by atoms with E-state index in [0.717, 1.165) is 6.07 Å². The molecule has 0 spiro atoms. The first-order valence-corrected chi connectivity index (χ1v) is 5.13. The van der Waals surface area contributed by atoms with Crippen LogP contribution in [-0.2, 0) is 0 Å². The van der Waals surface area contributed by atoms with Crippen molar-refractivity contribution in [2.45, 2.75) is 5.92 Å². The molecule has 0 aliphatic heterocycles. The lowest BCUT2D eigenvalue weighted by molar-refractivity contribution is 0.563. The molecule has 1 unspecified atom stereocenters. The SMILES string of the molecule is NCC(c1ccncn1)c1ccc(F)cc1F. The molecular weight excluding hydrogens is 224 g/mol. The lowest BCUT2D eigenvalue weighted by Gasteiger charge is -2.15. The maximum atomic E-state index is 13.6. The van der Waals surface area contributed by atoms with Crippen LogP contribution in [0.3, 0.4) is 0 Å². The summed E-state index contributed by atoms with van der Waals surface area (Å²) in [5.41, 5.74) is 6.58. The van der Waals surface area contributed by atoms with Crippen molar-refractivity contribution in [3.05, 3.63) is 59.7 Å². The molecule has 0 saturated heterocycles. The van der Waals surface area contributed by atoms with E-state index in [1.807, 2.05) is 0 Å². The summed E-state index contributed by atoms with van der Waals surface area (Å²) in [7, 11) is 0. The number of hydrogen-bond acceptors (Lipinski definition) is 3. The largest absolute Gasteiger partial charge is 0.329 e. The van der Waals surface area contributed by atoms with Gasteiger partial charge in [-0.15, -0.1) is 0 Å². The summed E-state index contributed by atoms with van der Waals surface area (Å²) in [6.45, 7) is 0.194. The molecule has 2 N–H and O–H groups in total. The molecule has 0 radical (unpaired) electrons. The van der Waals surface area contributed by atoms with E-state index in [4.69, 9.17) is 5.73 Å². The Hall–Kier alpha value is -1.88. The number of nitrogens with two attached hydrogens (primary N) is 1. The van der Waals surface area contributed by atoms with Crippen molar-refractivity contribution in [3.63, 3.8) is 0 Å². The molecule has 0 amide bonds. The van der Waals surface area contributed by atoms with Crippen molar-refractivity contribution < 1.29 is 8.78 Å². The van der Waals surface area contributed by atoms with Gasteiger partial charge < -0.3 is 5.73 Å². The molecule has 2 rings (SSSR count). The summed E-state index contributed by atoms with van der Waals surface area (Å²) in [6, 6.07) is 5.12. The number of benzene rings is 1. The highest BCUT2D eigenvalue weighted by Crippen LogP contribution is 2.24. The van der Waals surface area contributed by atoms with Gasteiger partial charge in [0.2, 0.25) is 0 Å². The normalized spacial score (nSPS) is 12.4. The summed E-state index contributed by atoms with van der Waals surface area (Å²) in [4.78, 5) is 7.82. The standard InChI is InChI=1S/C12H11F2N3/c13-8-1-2-9(11(14)5-8)10(6-15)12-3-4-16-7-17-12/h1-5,7,10H,6,15H2. The van der Waals surface area contributed by atoms with Crippen molar-refractivity contribution in [2.24, 2.45) is 5.73 Å². The van der Waals surface area contributed by atoms with Crippen molar-refractivity contribution in [3.8, 4) is 0 Å². The molecule has 0 aliphatic rings. The highest BCUT2D eigenvalue weighted by atomic mass is 19.1. The first kappa shape index (κ1) is 11.6. The summed E-state index contributed by atoms with van der Waals surface area (Å²) in [5, 5.41) is 0. The predicted molar refractivity (Wildman–Crippen MR) is 59.3 cm³/mol. The van der Waals surface area contributed by atoms with Crippen LogP contribution in [0.5, 0.6) is 0 Å². The van der Waals surface area contributed by atoms with E-state index < -0.39 is 17.6 Å². The van der Waals surface area contributed by atoms with Gasteiger partial charge in [0.15, 0.2) is 0 Å². The van der Waals surface area contributed by atoms with Gasteiger partial charge in [-0.05, 0) is 17.7 Å². The van der Waals surface area contributed by atoms with Gasteiger partial charge in [0.1, 0.15) is 18.0 Å². The second kappa shape index (κ2) is 4.97. The van der Waals surface area contributed by atoms with Crippen LogP contribution in [0.15, 0.2) is 36.8 Å². The van der Waals surface area contributed by atoms with Gasteiger partial charge in [0.25, 0.3) is 0 Å². The molecule has 17 heavy (non-hydrogen) atoms. The molecule has 1 atom stereocenters. The van der Waals surface area contributed by atoms with Crippen molar-refractivity contribution in [1.29, 1.82) is 0 Å². The molecule has 5 heteroatoms. The van der Waals surface area contributed by atoms with Gasteiger partial charge in [0.05, 0.1) is 5.69 Å². The molecule has 88 valence electrons. The molecule has 0 aliphatic carbocycles. The molecule has 0 fully saturated rings. The van der Waals surface area contributed by atoms with Crippen LogP contribution in [0.4, 0.5) is 8.78 Å². The molecule has 0 bridgehead atoms. The molecule has 2 aromatic rings. The zero-order valence-electron chi connectivity index (χ0n) is 8.98. The average molecular weight is 235 g/mol. The molecule has 0 saturated carbocycles. The number of aromatic nitrogens is 2. The average Bonchev–Trinajstić information content (AvgIpc) is 2.34. The third-order valence-corrected chi connectivity index (χ3v) is 2.54. The van der Waals surface area contributed by atoms with Crippen LogP contribution >= 0.6 is 0 Å². The Bertz CT molecular complexity index is 502. The van der Waals surface area contributed by atoms with E-state index >= 15 is 0 Å². The van der Waals surface area contributed by atoms with Crippen molar-refractivity contribution in [1.82, 2.24) is 9.97 Å².